The minimum atomic E-state index is -0.207. The van der Waals surface area contributed by atoms with Crippen molar-refractivity contribution in [1.82, 2.24) is 9.13 Å². The lowest BCUT2D eigenvalue weighted by atomic mass is 10.2. The highest BCUT2D eigenvalue weighted by Crippen LogP contribution is 2.30. The van der Waals surface area contributed by atoms with Crippen molar-refractivity contribution in [1.29, 1.82) is 0 Å². The Morgan fingerprint density at radius 2 is 1.57 bits per heavy atom. The van der Waals surface area contributed by atoms with Gasteiger partial charge in [0.25, 0.3) is 5.56 Å². The van der Waals surface area contributed by atoms with Crippen LogP contribution >= 0.6 is 0 Å². The third kappa shape index (κ3) is 2.61. The Morgan fingerprint density at radius 1 is 0.870 bits per heavy atom. The molecule has 4 rings (SSSR count). The van der Waals surface area contributed by atoms with Crippen molar-refractivity contribution in [2.75, 3.05) is 0 Å². The van der Waals surface area contributed by atoms with Crippen molar-refractivity contribution in [3.05, 3.63) is 81.0 Å². The van der Waals surface area contributed by atoms with Crippen LogP contribution in [0, 0.1) is 5.92 Å². The van der Waals surface area contributed by atoms with Crippen molar-refractivity contribution < 1.29 is 0 Å². The number of hydrogen-bond donors (Lipinski definition) is 0. The van der Waals surface area contributed by atoms with E-state index in [0.29, 0.717) is 24.4 Å². The van der Waals surface area contributed by atoms with Crippen LogP contribution in [-0.4, -0.2) is 9.13 Å². The highest BCUT2D eigenvalue weighted by molar-refractivity contribution is 5.77. The molecule has 2 aromatic carbocycles. The first kappa shape index (κ1) is 14.0. The molecule has 1 heterocycles. The maximum atomic E-state index is 12.9. The van der Waals surface area contributed by atoms with Gasteiger partial charge in [-0.2, -0.15) is 0 Å². The molecule has 0 aliphatic heterocycles. The van der Waals surface area contributed by atoms with Gasteiger partial charge in [0, 0.05) is 6.54 Å². The van der Waals surface area contributed by atoms with E-state index in [2.05, 4.69) is 0 Å². The van der Waals surface area contributed by atoms with E-state index in [4.69, 9.17) is 0 Å². The molecular weight excluding hydrogens is 288 g/mol. The van der Waals surface area contributed by atoms with Crippen LogP contribution in [0.15, 0.2) is 64.2 Å². The predicted molar refractivity (Wildman–Crippen MR) is 90.7 cm³/mol. The van der Waals surface area contributed by atoms with Crippen LogP contribution in [0.25, 0.3) is 10.9 Å². The van der Waals surface area contributed by atoms with Gasteiger partial charge in [0.15, 0.2) is 0 Å². The van der Waals surface area contributed by atoms with E-state index in [1.54, 1.807) is 4.57 Å². The molecular formula is C19H18N2O2. The molecule has 0 spiro atoms. The second-order valence-corrected chi connectivity index (χ2v) is 6.23. The van der Waals surface area contributed by atoms with Gasteiger partial charge in [-0.15, -0.1) is 0 Å². The Labute approximate surface area is 133 Å². The van der Waals surface area contributed by atoms with Crippen LogP contribution < -0.4 is 11.2 Å². The summed E-state index contributed by atoms with van der Waals surface area (Å²) in [7, 11) is 0. The molecule has 1 aromatic heterocycles. The Morgan fingerprint density at radius 3 is 2.30 bits per heavy atom. The fraction of sp³-hybridized carbons (Fsp3) is 0.263. The van der Waals surface area contributed by atoms with Gasteiger partial charge in [-0.25, -0.2) is 4.79 Å². The van der Waals surface area contributed by atoms with Gasteiger partial charge in [-0.05, 0) is 36.5 Å². The lowest BCUT2D eigenvalue weighted by Crippen LogP contribution is -2.40. The number of nitrogens with zero attached hydrogens (tertiary/aromatic N) is 2. The van der Waals surface area contributed by atoms with Gasteiger partial charge < -0.3 is 0 Å². The van der Waals surface area contributed by atoms with Gasteiger partial charge in [-0.3, -0.25) is 13.9 Å². The van der Waals surface area contributed by atoms with Crippen molar-refractivity contribution >= 4 is 10.9 Å². The minimum Gasteiger partial charge on any atom is -0.293 e. The Bertz CT molecular complexity index is 966. The van der Waals surface area contributed by atoms with Crippen LogP contribution in [-0.2, 0) is 13.1 Å². The molecule has 116 valence electrons. The third-order valence-electron chi connectivity index (χ3n) is 4.45. The molecule has 1 fully saturated rings. The fourth-order valence-electron chi connectivity index (χ4n) is 3.01. The molecule has 0 saturated heterocycles. The molecule has 1 aliphatic carbocycles. The van der Waals surface area contributed by atoms with Crippen LogP contribution in [0.4, 0.5) is 0 Å². The number of para-hydroxylation sites is 1. The smallest absolute Gasteiger partial charge is 0.293 e. The Balaban J connectivity index is 1.92. The standard InChI is InChI=1S/C19H18N2O2/c22-18-16-8-4-5-9-17(16)20(12-15-10-11-15)19(23)21(18)13-14-6-2-1-3-7-14/h1-9,15H,10-13H2. The van der Waals surface area contributed by atoms with E-state index in [1.807, 2.05) is 54.6 Å². The summed E-state index contributed by atoms with van der Waals surface area (Å²) in [4.78, 5) is 25.7. The number of benzene rings is 2. The minimum absolute atomic E-state index is 0.204. The molecule has 1 aliphatic rings. The first-order valence-corrected chi connectivity index (χ1v) is 8.00. The highest BCUT2D eigenvalue weighted by Gasteiger charge is 2.24. The maximum absolute atomic E-state index is 12.9. The molecule has 0 amide bonds. The number of fused-ring (bicyclic) bond motifs is 1. The molecule has 0 N–H and O–H groups in total. The first-order chi connectivity index (χ1) is 11.2. The largest absolute Gasteiger partial charge is 0.331 e. The fourth-order valence-corrected chi connectivity index (χ4v) is 3.01. The summed E-state index contributed by atoms with van der Waals surface area (Å²) in [5.74, 6) is 0.568. The van der Waals surface area contributed by atoms with Crippen molar-refractivity contribution in [2.24, 2.45) is 5.92 Å². The lowest BCUT2D eigenvalue weighted by Gasteiger charge is -2.14. The molecule has 0 unspecified atom stereocenters. The number of rotatable bonds is 4. The van der Waals surface area contributed by atoms with E-state index in [9.17, 15) is 9.59 Å². The average Bonchev–Trinajstić information content (AvgIpc) is 3.41. The van der Waals surface area contributed by atoms with Gasteiger partial charge in [0.2, 0.25) is 0 Å². The average molecular weight is 306 g/mol. The summed E-state index contributed by atoms with van der Waals surface area (Å²) in [6.07, 6.45) is 2.33. The summed E-state index contributed by atoms with van der Waals surface area (Å²) in [5, 5.41) is 0.615. The van der Waals surface area contributed by atoms with Crippen LogP contribution in [0.3, 0.4) is 0 Å². The Hall–Kier alpha value is -2.62. The molecule has 4 nitrogen and oxygen atoms in total. The molecule has 0 atom stereocenters. The summed E-state index contributed by atoms with van der Waals surface area (Å²) in [6.45, 7) is 1.02. The highest BCUT2D eigenvalue weighted by atomic mass is 16.2. The molecule has 1 saturated carbocycles. The van der Waals surface area contributed by atoms with Crippen molar-refractivity contribution in [3.8, 4) is 0 Å². The maximum Gasteiger partial charge on any atom is 0.331 e. The van der Waals surface area contributed by atoms with Gasteiger partial charge in [0.05, 0.1) is 17.4 Å². The van der Waals surface area contributed by atoms with E-state index >= 15 is 0 Å². The zero-order chi connectivity index (χ0) is 15.8. The van der Waals surface area contributed by atoms with Gasteiger partial charge >= 0.3 is 5.69 Å². The van der Waals surface area contributed by atoms with Crippen molar-refractivity contribution in [3.63, 3.8) is 0 Å². The molecule has 4 heteroatoms. The summed E-state index contributed by atoms with van der Waals surface area (Å²) in [5.41, 5.74) is 1.30. The van der Waals surface area contributed by atoms with E-state index < -0.39 is 0 Å². The second-order valence-electron chi connectivity index (χ2n) is 6.23. The molecule has 0 bridgehead atoms. The van der Waals surface area contributed by atoms with Crippen LogP contribution in [0.2, 0.25) is 0 Å². The SMILES string of the molecule is O=c1c2ccccc2n(CC2CC2)c(=O)n1Cc1ccccc1. The van der Waals surface area contributed by atoms with E-state index in [-0.39, 0.29) is 11.2 Å². The molecule has 3 aromatic rings. The Kier molecular flexibility index (Phi) is 3.37. The van der Waals surface area contributed by atoms with Crippen LogP contribution in [0.1, 0.15) is 18.4 Å². The number of aromatic nitrogens is 2. The van der Waals surface area contributed by atoms with Gasteiger partial charge in [0.1, 0.15) is 0 Å². The van der Waals surface area contributed by atoms with Gasteiger partial charge in [-0.1, -0.05) is 42.5 Å². The second kappa shape index (κ2) is 5.54. The lowest BCUT2D eigenvalue weighted by molar-refractivity contribution is 0.566. The zero-order valence-corrected chi connectivity index (χ0v) is 12.8. The zero-order valence-electron chi connectivity index (χ0n) is 12.8. The normalized spacial score (nSPS) is 14.3. The summed E-state index contributed by atoms with van der Waals surface area (Å²) in [6, 6.07) is 17.1. The molecule has 23 heavy (non-hydrogen) atoms. The molecule has 0 radical (unpaired) electrons. The van der Waals surface area contributed by atoms with E-state index in [0.717, 1.165) is 11.1 Å². The van der Waals surface area contributed by atoms with Crippen LogP contribution in [0.5, 0.6) is 0 Å². The topological polar surface area (TPSA) is 44.0 Å². The third-order valence-corrected chi connectivity index (χ3v) is 4.45. The van der Waals surface area contributed by atoms with E-state index in [1.165, 1.54) is 17.4 Å². The first-order valence-electron chi connectivity index (χ1n) is 8.00. The summed E-state index contributed by atoms with van der Waals surface area (Å²) >= 11 is 0. The summed E-state index contributed by atoms with van der Waals surface area (Å²) < 4.78 is 3.14. The monoisotopic (exact) mass is 306 g/mol. The predicted octanol–water partition coefficient (Wildman–Crippen LogP) is 2.62. The number of hydrogen-bond acceptors (Lipinski definition) is 2. The van der Waals surface area contributed by atoms with Crippen molar-refractivity contribution in [2.45, 2.75) is 25.9 Å². The quantitative estimate of drug-likeness (QED) is 0.744.